The second kappa shape index (κ2) is 4.48. The Morgan fingerprint density at radius 1 is 0.941 bits per heavy atom. The van der Waals surface area contributed by atoms with Gasteiger partial charge in [0.2, 0.25) is 11.7 Å². The Labute approximate surface area is 91.2 Å². The molecule has 0 bridgehead atoms. The number of hydrogen-bond donors (Lipinski definition) is 0. The quantitative estimate of drug-likeness (QED) is 0.246. The van der Waals surface area contributed by atoms with Gasteiger partial charge in [0, 0.05) is 12.8 Å². The van der Waals surface area contributed by atoms with Gasteiger partial charge in [0.1, 0.15) is 0 Å². The lowest BCUT2D eigenvalue weighted by Crippen LogP contribution is -2.25. The van der Waals surface area contributed by atoms with Gasteiger partial charge in [0.15, 0.2) is 23.3 Å². The molecular formula is C9H3F5NO2-. The molecule has 8 heteroatoms. The van der Waals surface area contributed by atoms with E-state index < -0.39 is 46.5 Å². The molecule has 0 N–H and O–H groups in total. The molecule has 0 aliphatic rings. The number of nitrogens with zero attached hydrogens (tertiary/aromatic N) is 1. The van der Waals surface area contributed by atoms with E-state index in [1.807, 2.05) is 0 Å². The molecule has 3 nitrogen and oxygen atoms in total. The van der Waals surface area contributed by atoms with Crippen LogP contribution in [0.4, 0.5) is 22.0 Å². The van der Waals surface area contributed by atoms with Crippen molar-refractivity contribution in [1.82, 2.24) is 0 Å². The lowest BCUT2D eigenvalue weighted by molar-refractivity contribution is -0.213. The summed E-state index contributed by atoms with van der Waals surface area (Å²) < 4.78 is 63.9. The minimum atomic E-state index is -2.39. The summed E-state index contributed by atoms with van der Waals surface area (Å²) in [6.07, 6.45) is 0. The maximum Gasteiger partial charge on any atom is 0.241 e. The molecule has 0 saturated heterocycles. The fourth-order valence-electron chi connectivity index (χ4n) is 0.992. The lowest BCUT2D eigenvalue weighted by atomic mass is 10.1. The molecule has 0 fully saturated rings. The first kappa shape index (κ1) is 13.1. The zero-order valence-corrected chi connectivity index (χ0v) is 8.15. The molecule has 1 aromatic rings. The van der Waals surface area contributed by atoms with Crippen LogP contribution in [0.1, 0.15) is 12.5 Å². The van der Waals surface area contributed by atoms with Gasteiger partial charge in [-0.25, -0.2) is 26.9 Å². The van der Waals surface area contributed by atoms with E-state index in [4.69, 9.17) is 0 Å². The van der Waals surface area contributed by atoms with Gasteiger partial charge in [0.05, 0.1) is 5.56 Å². The molecule has 17 heavy (non-hydrogen) atoms. The Bertz CT molecular complexity index is 498. The Morgan fingerprint density at radius 3 is 1.65 bits per heavy atom. The number of halogens is 5. The van der Waals surface area contributed by atoms with E-state index in [1.165, 1.54) is 0 Å². The Kier molecular flexibility index (Phi) is 3.45. The van der Waals surface area contributed by atoms with Crippen LogP contribution in [0, 0.1) is 29.1 Å². The van der Waals surface area contributed by atoms with Gasteiger partial charge in [-0.2, -0.15) is 0 Å². The molecule has 0 unspecified atom stereocenters. The molecule has 0 heterocycles. The maximum absolute atomic E-state index is 13.0. The average Bonchev–Trinajstić information content (AvgIpc) is 2.23. The van der Waals surface area contributed by atoms with E-state index in [-0.39, 0.29) is 0 Å². The number of benzene rings is 1. The lowest BCUT2D eigenvalue weighted by Gasteiger charge is -2.13. The Morgan fingerprint density at radius 2 is 1.29 bits per heavy atom. The second-order valence-electron chi connectivity index (χ2n) is 2.88. The molecule has 92 valence electrons. The third-order valence-corrected chi connectivity index (χ3v) is 1.68. The third kappa shape index (κ3) is 2.24. The Balaban J connectivity index is 3.61. The molecule has 0 aliphatic heterocycles. The standard InChI is InChI=1S/C9H4F5NO2/c1-2(16)15-9(17)3-4(10)6(12)8(14)7(13)5(3)11/h1H3,(H,15,16,17)/p-1. The van der Waals surface area contributed by atoms with Crippen molar-refractivity contribution in [1.29, 1.82) is 0 Å². The van der Waals surface area contributed by atoms with Crippen molar-refractivity contribution >= 4 is 11.8 Å². The minimum Gasteiger partial charge on any atom is -0.858 e. The number of carbonyl (C=O) groups excluding carboxylic acids is 1. The second-order valence-corrected chi connectivity index (χ2v) is 2.88. The normalized spacial score (nSPS) is 11.8. The predicted octanol–water partition coefficient (Wildman–Crippen LogP) is 1.04. The van der Waals surface area contributed by atoms with Gasteiger partial charge in [-0.3, -0.25) is 4.79 Å². The number of aliphatic imine (C=N–C) groups is 1. The zero-order chi connectivity index (χ0) is 13.3. The van der Waals surface area contributed by atoms with E-state index in [9.17, 15) is 31.9 Å². The third-order valence-electron chi connectivity index (χ3n) is 1.68. The van der Waals surface area contributed by atoms with Crippen LogP contribution in [0.25, 0.3) is 0 Å². The summed E-state index contributed by atoms with van der Waals surface area (Å²) in [5, 5.41) is 11.0. The molecule has 0 spiro atoms. The van der Waals surface area contributed by atoms with Crippen LogP contribution < -0.4 is 5.11 Å². The highest BCUT2D eigenvalue weighted by molar-refractivity contribution is 5.98. The smallest absolute Gasteiger partial charge is 0.241 e. The first-order chi connectivity index (χ1) is 7.77. The first-order valence-electron chi connectivity index (χ1n) is 4.05. The van der Waals surface area contributed by atoms with Crippen LogP contribution in [0.3, 0.4) is 0 Å². The number of hydrogen-bond acceptors (Lipinski definition) is 2. The monoisotopic (exact) mass is 252 g/mol. The summed E-state index contributed by atoms with van der Waals surface area (Å²) in [4.78, 5) is 13.0. The molecule has 0 radical (unpaired) electrons. The molecule has 1 aromatic carbocycles. The van der Waals surface area contributed by atoms with Gasteiger partial charge >= 0.3 is 0 Å². The largest absolute Gasteiger partial charge is 0.858 e. The zero-order valence-electron chi connectivity index (χ0n) is 8.15. The van der Waals surface area contributed by atoms with E-state index >= 15 is 0 Å². The molecule has 0 atom stereocenters. The highest BCUT2D eigenvalue weighted by atomic mass is 19.2. The van der Waals surface area contributed by atoms with E-state index in [0.717, 1.165) is 6.92 Å². The first-order valence-corrected chi connectivity index (χ1v) is 4.05. The van der Waals surface area contributed by atoms with Crippen LogP contribution in [0.5, 0.6) is 0 Å². The van der Waals surface area contributed by atoms with Crippen molar-refractivity contribution in [3.63, 3.8) is 0 Å². The topological polar surface area (TPSA) is 52.5 Å². The molecule has 1 rings (SSSR count). The van der Waals surface area contributed by atoms with Gasteiger partial charge in [-0.05, 0) is 0 Å². The summed E-state index contributed by atoms with van der Waals surface area (Å²) in [6, 6.07) is 0. The van der Waals surface area contributed by atoms with Crippen molar-refractivity contribution in [2.24, 2.45) is 4.99 Å². The Hall–Kier alpha value is -1.99. The van der Waals surface area contributed by atoms with Crippen molar-refractivity contribution in [3.05, 3.63) is 34.6 Å². The molecule has 0 aliphatic carbocycles. The van der Waals surface area contributed by atoms with Gasteiger partial charge in [-0.1, -0.05) is 0 Å². The van der Waals surface area contributed by atoms with E-state index in [1.54, 1.807) is 0 Å². The predicted molar refractivity (Wildman–Crippen MR) is 43.5 cm³/mol. The summed E-state index contributed by atoms with van der Waals surface area (Å²) in [5.41, 5.74) is -1.75. The summed E-state index contributed by atoms with van der Waals surface area (Å²) >= 11 is 0. The minimum absolute atomic E-state index is 0.782. The van der Waals surface area contributed by atoms with Gasteiger partial charge in [-0.15, -0.1) is 0 Å². The van der Waals surface area contributed by atoms with Crippen molar-refractivity contribution in [2.45, 2.75) is 6.92 Å². The fourth-order valence-corrected chi connectivity index (χ4v) is 0.992. The van der Waals surface area contributed by atoms with Crippen LogP contribution in [0.15, 0.2) is 4.99 Å². The van der Waals surface area contributed by atoms with Crippen LogP contribution in [-0.4, -0.2) is 11.8 Å². The van der Waals surface area contributed by atoms with Crippen molar-refractivity contribution in [3.8, 4) is 0 Å². The average molecular weight is 252 g/mol. The maximum atomic E-state index is 13.0. The number of carbonyl (C=O) groups is 1. The molecule has 1 amide bonds. The highest BCUT2D eigenvalue weighted by Gasteiger charge is 2.25. The van der Waals surface area contributed by atoms with Crippen LogP contribution in [0.2, 0.25) is 0 Å². The van der Waals surface area contributed by atoms with Crippen molar-refractivity contribution < 1.29 is 31.9 Å². The highest BCUT2D eigenvalue weighted by Crippen LogP contribution is 2.22. The van der Waals surface area contributed by atoms with E-state index in [0.29, 0.717) is 0 Å². The summed E-state index contributed by atoms with van der Waals surface area (Å²) in [7, 11) is 0. The van der Waals surface area contributed by atoms with Gasteiger partial charge in [0.25, 0.3) is 0 Å². The fraction of sp³-hybridized carbons (Fsp3) is 0.111. The summed E-state index contributed by atoms with van der Waals surface area (Å²) in [5.74, 6) is -14.5. The molecule has 0 aromatic heterocycles. The van der Waals surface area contributed by atoms with E-state index in [2.05, 4.69) is 4.99 Å². The molecule has 0 saturated carbocycles. The molecular weight excluding hydrogens is 249 g/mol. The van der Waals surface area contributed by atoms with Gasteiger partial charge < -0.3 is 5.11 Å². The van der Waals surface area contributed by atoms with Crippen LogP contribution in [-0.2, 0) is 4.79 Å². The van der Waals surface area contributed by atoms with Crippen LogP contribution >= 0.6 is 0 Å². The number of amides is 1. The number of rotatable bonds is 1. The van der Waals surface area contributed by atoms with Crippen molar-refractivity contribution in [2.75, 3.05) is 0 Å². The summed E-state index contributed by atoms with van der Waals surface area (Å²) in [6.45, 7) is 0.782. The SMILES string of the molecule is CC(=O)N=C([O-])c1c(F)c(F)c(F)c(F)c1F.